The lowest BCUT2D eigenvalue weighted by molar-refractivity contribution is -0.125. The number of nitrogens with zero attached hydrogens (tertiary/aromatic N) is 1. The first-order valence-electron chi connectivity index (χ1n) is 4.30. The van der Waals surface area contributed by atoms with Crippen molar-refractivity contribution < 1.29 is 4.79 Å². The molecule has 0 aromatic heterocycles. The van der Waals surface area contributed by atoms with Crippen molar-refractivity contribution in [3.05, 3.63) is 0 Å². The fourth-order valence-electron chi connectivity index (χ4n) is 1.58. The highest BCUT2D eigenvalue weighted by Gasteiger charge is 2.25. The molecule has 0 aliphatic heterocycles. The average molecular weight is 155 g/mol. The summed E-state index contributed by atoms with van der Waals surface area (Å²) in [5.74, 6) is 0.751. The summed E-state index contributed by atoms with van der Waals surface area (Å²) in [6.07, 6.45) is 3.01. The highest BCUT2D eigenvalue weighted by molar-refractivity contribution is 5.81. The molecule has 0 aromatic carbocycles. The summed E-state index contributed by atoms with van der Waals surface area (Å²) in [5.41, 5.74) is 0. The zero-order valence-electron chi connectivity index (χ0n) is 7.63. The third-order valence-corrected chi connectivity index (χ3v) is 2.65. The molecule has 0 saturated heterocycles. The normalized spacial score (nSPS) is 32.9. The van der Waals surface area contributed by atoms with Gasteiger partial charge in [0.1, 0.15) is 5.78 Å². The van der Waals surface area contributed by atoms with Gasteiger partial charge < -0.3 is 4.90 Å². The molecule has 0 amide bonds. The Morgan fingerprint density at radius 3 is 2.45 bits per heavy atom. The molecule has 0 spiro atoms. The molecule has 0 heterocycles. The molecule has 2 heteroatoms. The van der Waals surface area contributed by atoms with Crippen LogP contribution in [0.25, 0.3) is 0 Å². The SMILES string of the molecule is CC1CCC(N(C)C)CC1=O. The van der Waals surface area contributed by atoms with Crippen LogP contribution in [0.15, 0.2) is 0 Å². The first-order chi connectivity index (χ1) is 5.11. The zero-order chi connectivity index (χ0) is 8.43. The monoisotopic (exact) mass is 155 g/mol. The minimum atomic E-state index is 0.311. The summed E-state index contributed by atoms with van der Waals surface area (Å²) < 4.78 is 0. The molecule has 1 aliphatic carbocycles. The fraction of sp³-hybridized carbons (Fsp3) is 0.889. The molecule has 2 unspecified atom stereocenters. The van der Waals surface area contributed by atoms with Crippen molar-refractivity contribution in [1.29, 1.82) is 0 Å². The van der Waals surface area contributed by atoms with Gasteiger partial charge in [-0.05, 0) is 26.9 Å². The Kier molecular flexibility index (Phi) is 2.66. The zero-order valence-corrected chi connectivity index (χ0v) is 7.63. The van der Waals surface area contributed by atoms with Gasteiger partial charge in [0.05, 0.1) is 0 Å². The number of carbonyl (C=O) groups excluding carboxylic acids is 1. The number of Topliss-reactive ketones (excluding diaryl/α,β-unsaturated/α-hetero) is 1. The molecule has 11 heavy (non-hydrogen) atoms. The van der Waals surface area contributed by atoms with E-state index >= 15 is 0 Å². The maximum Gasteiger partial charge on any atom is 0.137 e. The highest BCUT2D eigenvalue weighted by atomic mass is 16.1. The number of carbonyl (C=O) groups is 1. The van der Waals surface area contributed by atoms with Gasteiger partial charge in [-0.15, -0.1) is 0 Å². The first kappa shape index (κ1) is 8.72. The third kappa shape index (κ3) is 2.03. The van der Waals surface area contributed by atoms with Gasteiger partial charge in [0.25, 0.3) is 0 Å². The van der Waals surface area contributed by atoms with E-state index in [0.29, 0.717) is 17.7 Å². The van der Waals surface area contributed by atoms with E-state index in [2.05, 4.69) is 4.90 Å². The van der Waals surface area contributed by atoms with Crippen molar-refractivity contribution in [3.63, 3.8) is 0 Å². The van der Waals surface area contributed by atoms with Crippen LogP contribution in [0.1, 0.15) is 26.2 Å². The highest BCUT2D eigenvalue weighted by Crippen LogP contribution is 2.22. The molecule has 2 nitrogen and oxygen atoms in total. The number of rotatable bonds is 1. The summed E-state index contributed by atoms with van der Waals surface area (Å²) in [7, 11) is 4.10. The van der Waals surface area contributed by atoms with Crippen LogP contribution in [0.5, 0.6) is 0 Å². The summed E-state index contributed by atoms with van der Waals surface area (Å²) >= 11 is 0. The van der Waals surface area contributed by atoms with E-state index in [4.69, 9.17) is 0 Å². The maximum atomic E-state index is 11.3. The fourth-order valence-corrected chi connectivity index (χ4v) is 1.58. The van der Waals surface area contributed by atoms with Gasteiger partial charge in [-0.1, -0.05) is 6.92 Å². The summed E-state index contributed by atoms with van der Waals surface area (Å²) in [6.45, 7) is 2.04. The van der Waals surface area contributed by atoms with Gasteiger partial charge in [-0.3, -0.25) is 4.79 Å². The molecule has 0 N–H and O–H groups in total. The van der Waals surface area contributed by atoms with Crippen LogP contribution < -0.4 is 0 Å². The molecule has 0 radical (unpaired) electrons. The van der Waals surface area contributed by atoms with Crippen molar-refractivity contribution in [3.8, 4) is 0 Å². The van der Waals surface area contributed by atoms with E-state index in [1.807, 2.05) is 21.0 Å². The Balaban J connectivity index is 2.46. The van der Waals surface area contributed by atoms with Crippen molar-refractivity contribution in [2.45, 2.75) is 32.2 Å². The number of ketones is 1. The van der Waals surface area contributed by atoms with Gasteiger partial charge in [-0.25, -0.2) is 0 Å². The van der Waals surface area contributed by atoms with Crippen LogP contribution in [-0.4, -0.2) is 30.8 Å². The van der Waals surface area contributed by atoms with Crippen LogP contribution in [0.2, 0.25) is 0 Å². The topological polar surface area (TPSA) is 20.3 Å². The van der Waals surface area contributed by atoms with Crippen molar-refractivity contribution in [1.82, 2.24) is 4.90 Å². The minimum Gasteiger partial charge on any atom is -0.306 e. The molecule has 0 bridgehead atoms. The Morgan fingerprint density at radius 2 is 2.00 bits per heavy atom. The van der Waals surface area contributed by atoms with Crippen LogP contribution in [0.4, 0.5) is 0 Å². The van der Waals surface area contributed by atoms with Crippen molar-refractivity contribution >= 4 is 5.78 Å². The van der Waals surface area contributed by atoms with E-state index in [1.54, 1.807) is 0 Å². The average Bonchev–Trinajstić information content (AvgIpc) is 1.94. The second-order valence-corrected chi connectivity index (χ2v) is 3.77. The lowest BCUT2D eigenvalue weighted by Gasteiger charge is -2.29. The molecule has 1 aliphatic rings. The van der Waals surface area contributed by atoms with Crippen LogP contribution >= 0.6 is 0 Å². The van der Waals surface area contributed by atoms with Crippen LogP contribution in [0.3, 0.4) is 0 Å². The van der Waals surface area contributed by atoms with E-state index < -0.39 is 0 Å². The largest absolute Gasteiger partial charge is 0.306 e. The number of hydrogen-bond donors (Lipinski definition) is 0. The molecular formula is C9H17NO. The molecular weight excluding hydrogens is 138 g/mol. The predicted octanol–water partition coefficient (Wildman–Crippen LogP) is 1.31. The molecule has 1 fully saturated rings. The van der Waals surface area contributed by atoms with Crippen molar-refractivity contribution in [2.75, 3.05) is 14.1 Å². The van der Waals surface area contributed by atoms with Gasteiger partial charge >= 0.3 is 0 Å². The Labute approximate surface area is 68.6 Å². The second kappa shape index (κ2) is 3.35. The van der Waals surface area contributed by atoms with Gasteiger partial charge in [0.2, 0.25) is 0 Å². The smallest absolute Gasteiger partial charge is 0.137 e. The van der Waals surface area contributed by atoms with E-state index in [9.17, 15) is 4.79 Å². The van der Waals surface area contributed by atoms with Gasteiger partial charge in [0, 0.05) is 18.4 Å². The maximum absolute atomic E-state index is 11.3. The third-order valence-electron chi connectivity index (χ3n) is 2.65. The molecule has 1 saturated carbocycles. The van der Waals surface area contributed by atoms with Gasteiger partial charge in [-0.2, -0.15) is 0 Å². The summed E-state index contributed by atoms with van der Waals surface area (Å²) in [5, 5.41) is 0. The molecule has 0 aromatic rings. The number of hydrogen-bond acceptors (Lipinski definition) is 2. The van der Waals surface area contributed by atoms with Gasteiger partial charge in [0.15, 0.2) is 0 Å². The standard InChI is InChI=1S/C9H17NO/c1-7-4-5-8(10(2)3)6-9(7)11/h7-8H,4-6H2,1-3H3. The van der Waals surface area contributed by atoms with E-state index in [0.717, 1.165) is 12.8 Å². The molecule has 64 valence electrons. The lowest BCUT2D eigenvalue weighted by atomic mass is 9.86. The van der Waals surface area contributed by atoms with Crippen LogP contribution in [0, 0.1) is 5.92 Å². The second-order valence-electron chi connectivity index (χ2n) is 3.77. The summed E-state index contributed by atoms with van der Waals surface area (Å²) in [6, 6.07) is 0.499. The first-order valence-corrected chi connectivity index (χ1v) is 4.30. The summed E-state index contributed by atoms with van der Waals surface area (Å²) in [4.78, 5) is 13.4. The van der Waals surface area contributed by atoms with E-state index in [-0.39, 0.29) is 0 Å². The predicted molar refractivity (Wildman–Crippen MR) is 45.5 cm³/mol. The molecule has 1 rings (SSSR count). The van der Waals surface area contributed by atoms with E-state index in [1.165, 1.54) is 6.42 Å². The Morgan fingerprint density at radius 1 is 1.36 bits per heavy atom. The van der Waals surface area contributed by atoms with Crippen LogP contribution in [-0.2, 0) is 4.79 Å². The Bertz CT molecular complexity index is 154. The van der Waals surface area contributed by atoms with Crippen molar-refractivity contribution in [2.24, 2.45) is 5.92 Å². The Hall–Kier alpha value is -0.370. The lowest BCUT2D eigenvalue weighted by Crippen LogP contribution is -2.36. The quantitative estimate of drug-likeness (QED) is 0.569. The minimum absolute atomic E-state index is 0.311. The molecule has 2 atom stereocenters.